The Balaban J connectivity index is 2.50. The smallest absolute Gasteiger partial charge is 0.0155 e. The lowest BCUT2D eigenvalue weighted by Crippen LogP contribution is -1.92. The Morgan fingerprint density at radius 1 is 1.11 bits per heavy atom. The highest BCUT2D eigenvalue weighted by Crippen LogP contribution is 2.44. The van der Waals surface area contributed by atoms with Crippen LogP contribution in [0, 0.1) is 0 Å². The Hall–Kier alpha value is -2.08. The highest BCUT2D eigenvalue weighted by molar-refractivity contribution is 5.79. The predicted octanol–water partition coefficient (Wildman–Crippen LogP) is 5.52. The van der Waals surface area contributed by atoms with Crippen LogP contribution in [-0.2, 0) is 0 Å². The fourth-order valence-electron chi connectivity index (χ4n) is 2.29. The monoisotopic (exact) mass is 248 g/mol. The van der Waals surface area contributed by atoms with E-state index >= 15 is 0 Å². The molecule has 0 amide bonds. The molecule has 1 saturated carbocycles. The van der Waals surface area contributed by atoms with Gasteiger partial charge in [-0.15, -0.1) is 0 Å². The molecule has 0 bridgehead atoms. The summed E-state index contributed by atoms with van der Waals surface area (Å²) in [5.41, 5.74) is 5.91. The zero-order valence-corrected chi connectivity index (χ0v) is 11.4. The van der Waals surface area contributed by atoms with Gasteiger partial charge in [0.1, 0.15) is 0 Å². The van der Waals surface area contributed by atoms with Crippen molar-refractivity contribution in [1.82, 2.24) is 0 Å². The van der Waals surface area contributed by atoms with Gasteiger partial charge in [0.25, 0.3) is 0 Å². The minimum absolute atomic E-state index is 0.682. The molecule has 0 atom stereocenters. The second-order valence-corrected chi connectivity index (χ2v) is 4.87. The van der Waals surface area contributed by atoms with Gasteiger partial charge in [-0.1, -0.05) is 68.8 Å². The minimum Gasteiger partial charge on any atom is -0.0990 e. The zero-order chi connectivity index (χ0) is 13.8. The maximum atomic E-state index is 4.08. The van der Waals surface area contributed by atoms with Gasteiger partial charge in [0.15, 0.2) is 0 Å². The van der Waals surface area contributed by atoms with E-state index in [0.717, 1.165) is 11.1 Å². The predicted molar refractivity (Wildman–Crippen MR) is 86.0 cm³/mol. The standard InChI is InChI=1S/C19H20/c1-5-8-15(7-3)17-11-12-18(14(4)6-2)19(13-17)16-9-10-16/h5-8,11-13,16H,1-4,9-10H2/b15-8+. The van der Waals surface area contributed by atoms with Crippen LogP contribution in [-0.4, -0.2) is 0 Å². The molecule has 96 valence electrons. The van der Waals surface area contributed by atoms with Crippen LogP contribution in [0.5, 0.6) is 0 Å². The van der Waals surface area contributed by atoms with E-state index in [9.17, 15) is 0 Å². The van der Waals surface area contributed by atoms with E-state index in [4.69, 9.17) is 0 Å². The van der Waals surface area contributed by atoms with E-state index in [1.807, 2.05) is 18.2 Å². The fraction of sp³-hybridized carbons (Fsp3) is 0.158. The van der Waals surface area contributed by atoms with Gasteiger partial charge in [0.2, 0.25) is 0 Å². The van der Waals surface area contributed by atoms with Crippen LogP contribution < -0.4 is 0 Å². The maximum Gasteiger partial charge on any atom is -0.0155 e. The summed E-state index contributed by atoms with van der Waals surface area (Å²) in [5, 5.41) is 0. The summed E-state index contributed by atoms with van der Waals surface area (Å²) in [6, 6.07) is 6.53. The van der Waals surface area contributed by atoms with Crippen LogP contribution in [0.3, 0.4) is 0 Å². The molecule has 0 heteroatoms. The lowest BCUT2D eigenvalue weighted by molar-refractivity contribution is 1.12. The van der Waals surface area contributed by atoms with E-state index < -0.39 is 0 Å². The Labute approximate surface area is 116 Å². The third-order valence-electron chi connectivity index (χ3n) is 3.51. The van der Waals surface area contributed by atoms with Crippen molar-refractivity contribution in [3.63, 3.8) is 0 Å². The second-order valence-electron chi connectivity index (χ2n) is 4.87. The quantitative estimate of drug-likeness (QED) is 0.581. The molecule has 2 rings (SSSR count). The molecule has 0 unspecified atom stereocenters. The molecule has 1 aromatic rings. The van der Waals surface area contributed by atoms with Crippen LogP contribution in [0.2, 0.25) is 0 Å². The number of allylic oxidation sites excluding steroid dienone is 6. The summed E-state index contributed by atoms with van der Waals surface area (Å²) in [5.74, 6) is 0.682. The van der Waals surface area contributed by atoms with Crippen LogP contribution in [0.1, 0.15) is 35.4 Å². The average Bonchev–Trinajstić information content (AvgIpc) is 3.28. The zero-order valence-electron chi connectivity index (χ0n) is 11.4. The van der Waals surface area contributed by atoms with E-state index in [1.165, 1.54) is 29.5 Å². The molecule has 1 fully saturated rings. The van der Waals surface area contributed by atoms with Gasteiger partial charge in [-0.25, -0.2) is 0 Å². The number of hydrogen-bond donors (Lipinski definition) is 0. The first-order valence-corrected chi connectivity index (χ1v) is 6.62. The highest BCUT2D eigenvalue weighted by atomic mass is 14.3. The molecule has 0 spiro atoms. The molecule has 0 radical (unpaired) electrons. The summed E-state index contributed by atoms with van der Waals surface area (Å²) in [4.78, 5) is 0. The van der Waals surface area contributed by atoms with E-state index in [-0.39, 0.29) is 0 Å². The van der Waals surface area contributed by atoms with Crippen molar-refractivity contribution in [2.45, 2.75) is 18.8 Å². The Bertz CT molecular complexity index is 566. The molecule has 1 aromatic carbocycles. The lowest BCUT2D eigenvalue weighted by atomic mass is 9.93. The van der Waals surface area contributed by atoms with Crippen LogP contribution >= 0.6 is 0 Å². The molecular formula is C19H20. The summed E-state index contributed by atoms with van der Waals surface area (Å²) < 4.78 is 0. The lowest BCUT2D eigenvalue weighted by Gasteiger charge is -2.12. The van der Waals surface area contributed by atoms with Crippen molar-refractivity contribution in [2.24, 2.45) is 0 Å². The molecule has 1 aliphatic carbocycles. The summed E-state index contributed by atoms with van der Waals surface area (Å²) in [6.45, 7) is 15.5. The van der Waals surface area contributed by atoms with Crippen LogP contribution in [0.25, 0.3) is 11.1 Å². The van der Waals surface area contributed by atoms with Crippen LogP contribution in [0.4, 0.5) is 0 Å². The van der Waals surface area contributed by atoms with Crippen LogP contribution in [0.15, 0.2) is 68.8 Å². The van der Waals surface area contributed by atoms with Gasteiger partial charge in [0.05, 0.1) is 0 Å². The Morgan fingerprint density at radius 3 is 2.37 bits per heavy atom. The van der Waals surface area contributed by atoms with Crippen molar-refractivity contribution in [3.05, 3.63) is 85.5 Å². The van der Waals surface area contributed by atoms with Gasteiger partial charge in [0, 0.05) is 0 Å². The van der Waals surface area contributed by atoms with Crippen molar-refractivity contribution >= 4 is 11.1 Å². The van der Waals surface area contributed by atoms with E-state index in [0.29, 0.717) is 5.92 Å². The first kappa shape index (κ1) is 13.4. The van der Waals surface area contributed by atoms with Crippen molar-refractivity contribution in [3.8, 4) is 0 Å². The average molecular weight is 248 g/mol. The number of benzene rings is 1. The summed E-state index contributed by atoms with van der Waals surface area (Å²) >= 11 is 0. The molecule has 19 heavy (non-hydrogen) atoms. The normalized spacial score (nSPS) is 14.8. The molecule has 0 aliphatic heterocycles. The van der Waals surface area contributed by atoms with Gasteiger partial charge in [-0.05, 0) is 46.6 Å². The van der Waals surface area contributed by atoms with Crippen molar-refractivity contribution in [2.75, 3.05) is 0 Å². The second kappa shape index (κ2) is 5.71. The van der Waals surface area contributed by atoms with E-state index in [2.05, 4.69) is 44.5 Å². The molecule has 0 heterocycles. The van der Waals surface area contributed by atoms with Gasteiger partial charge < -0.3 is 0 Å². The van der Waals surface area contributed by atoms with Gasteiger partial charge in [-0.2, -0.15) is 0 Å². The topological polar surface area (TPSA) is 0 Å². The van der Waals surface area contributed by atoms with E-state index in [1.54, 1.807) is 6.08 Å². The number of hydrogen-bond acceptors (Lipinski definition) is 0. The molecule has 1 aliphatic rings. The van der Waals surface area contributed by atoms with Gasteiger partial charge >= 0.3 is 0 Å². The SMILES string of the molecule is C=C/C=C(\C=C)c1ccc(C(=C)C=C)c(C2CC2)c1. The summed E-state index contributed by atoms with van der Waals surface area (Å²) in [6.07, 6.45) is 10.0. The molecule has 0 N–H and O–H groups in total. The molecule has 0 saturated heterocycles. The Kier molecular flexibility index (Phi) is 4.01. The van der Waals surface area contributed by atoms with Crippen molar-refractivity contribution in [1.29, 1.82) is 0 Å². The first-order valence-electron chi connectivity index (χ1n) is 6.62. The highest BCUT2D eigenvalue weighted by Gasteiger charge is 2.26. The molecular weight excluding hydrogens is 228 g/mol. The molecule has 0 aromatic heterocycles. The largest absolute Gasteiger partial charge is 0.0990 e. The summed E-state index contributed by atoms with van der Waals surface area (Å²) in [7, 11) is 0. The van der Waals surface area contributed by atoms with Gasteiger partial charge in [-0.3, -0.25) is 0 Å². The van der Waals surface area contributed by atoms with Crippen molar-refractivity contribution < 1.29 is 0 Å². The first-order chi connectivity index (χ1) is 9.21. The maximum absolute atomic E-state index is 4.08. The third-order valence-corrected chi connectivity index (χ3v) is 3.51. The number of rotatable bonds is 6. The molecule has 0 nitrogen and oxygen atoms in total. The Morgan fingerprint density at radius 2 is 1.84 bits per heavy atom. The third kappa shape index (κ3) is 2.85. The minimum atomic E-state index is 0.682. The fourth-order valence-corrected chi connectivity index (χ4v) is 2.29.